The van der Waals surface area contributed by atoms with Crippen molar-refractivity contribution in [3.05, 3.63) is 66.2 Å². The number of hydrogen-bond donors (Lipinski definition) is 4. The van der Waals surface area contributed by atoms with Gasteiger partial charge >= 0.3 is 12.0 Å². The lowest BCUT2D eigenvalue weighted by Crippen LogP contribution is -2.41. The van der Waals surface area contributed by atoms with E-state index >= 15 is 0 Å². The summed E-state index contributed by atoms with van der Waals surface area (Å²) < 4.78 is 11.3. The van der Waals surface area contributed by atoms with Crippen molar-refractivity contribution in [2.24, 2.45) is 5.73 Å². The highest BCUT2D eigenvalue weighted by Gasteiger charge is 2.26. The van der Waals surface area contributed by atoms with Crippen LogP contribution >= 0.6 is 0 Å². The van der Waals surface area contributed by atoms with E-state index in [1.54, 1.807) is 30.3 Å². The fourth-order valence-corrected chi connectivity index (χ4v) is 3.26. The molecule has 0 bridgehead atoms. The minimum atomic E-state index is -1.07. The SMILES string of the molecule is NCCOc1cc(C(=O)O)ccc1Nc1ccc2c(n1)N(C(=O)Nc1ccccc1)CCO2. The second kappa shape index (κ2) is 9.88. The van der Waals surface area contributed by atoms with E-state index in [2.05, 4.69) is 15.6 Å². The van der Waals surface area contributed by atoms with Gasteiger partial charge in [0, 0.05) is 12.2 Å². The Kier molecular flexibility index (Phi) is 6.56. The molecule has 0 unspecified atom stereocenters. The first-order valence-electron chi connectivity index (χ1n) is 10.3. The number of carbonyl (C=O) groups excluding carboxylic acids is 1. The molecular weight excluding hydrogens is 426 g/mol. The second-order valence-corrected chi connectivity index (χ2v) is 7.09. The lowest BCUT2D eigenvalue weighted by Gasteiger charge is -2.29. The molecule has 170 valence electrons. The summed E-state index contributed by atoms with van der Waals surface area (Å²) in [6.07, 6.45) is 0. The Morgan fingerprint density at radius 3 is 2.73 bits per heavy atom. The van der Waals surface area contributed by atoms with Crippen LogP contribution in [-0.4, -0.2) is 48.4 Å². The first-order valence-corrected chi connectivity index (χ1v) is 10.3. The van der Waals surface area contributed by atoms with Gasteiger partial charge in [0.15, 0.2) is 11.6 Å². The smallest absolute Gasteiger partial charge is 0.335 e. The first kappa shape index (κ1) is 21.9. The number of aromatic carboxylic acids is 1. The van der Waals surface area contributed by atoms with E-state index in [4.69, 9.17) is 15.2 Å². The van der Waals surface area contributed by atoms with Gasteiger partial charge in [0.1, 0.15) is 24.8 Å². The predicted octanol–water partition coefficient (Wildman–Crippen LogP) is 3.29. The number of aromatic nitrogens is 1. The van der Waals surface area contributed by atoms with Crippen molar-refractivity contribution in [3.63, 3.8) is 0 Å². The standard InChI is InChI=1S/C23H23N5O5/c24-10-12-32-19-14-15(22(29)30)6-7-17(19)26-20-9-8-18-21(27-20)28(11-13-33-18)23(31)25-16-4-2-1-3-5-16/h1-9,14H,10-13,24H2,(H,25,31)(H,26,27)(H,29,30). The molecule has 3 aromatic rings. The van der Waals surface area contributed by atoms with E-state index in [0.29, 0.717) is 47.7 Å². The monoisotopic (exact) mass is 449 g/mol. The minimum Gasteiger partial charge on any atom is -0.490 e. The average Bonchev–Trinajstić information content (AvgIpc) is 2.83. The van der Waals surface area contributed by atoms with E-state index in [1.165, 1.54) is 17.0 Å². The third-order valence-corrected chi connectivity index (χ3v) is 4.80. The Hall–Kier alpha value is -4.31. The number of carboxylic acids is 1. The van der Waals surface area contributed by atoms with Crippen LogP contribution in [0.25, 0.3) is 0 Å². The highest BCUT2D eigenvalue weighted by atomic mass is 16.5. The molecule has 0 radical (unpaired) electrons. The average molecular weight is 449 g/mol. The van der Waals surface area contributed by atoms with Crippen molar-refractivity contribution in [3.8, 4) is 11.5 Å². The Labute approximate surface area is 189 Å². The summed E-state index contributed by atoms with van der Waals surface area (Å²) in [6, 6.07) is 16.7. The van der Waals surface area contributed by atoms with Crippen LogP contribution in [0.5, 0.6) is 11.5 Å². The molecule has 5 N–H and O–H groups in total. The summed E-state index contributed by atoms with van der Waals surface area (Å²) in [5.74, 6) is 0.539. The zero-order chi connectivity index (χ0) is 23.2. The summed E-state index contributed by atoms with van der Waals surface area (Å²) in [4.78, 5) is 30.3. The molecule has 10 nitrogen and oxygen atoms in total. The summed E-state index contributed by atoms with van der Waals surface area (Å²) in [5, 5.41) is 15.2. The van der Waals surface area contributed by atoms with Gasteiger partial charge in [0.25, 0.3) is 0 Å². The molecule has 2 aromatic carbocycles. The molecule has 0 atom stereocenters. The normalized spacial score (nSPS) is 12.3. The quantitative estimate of drug-likeness (QED) is 0.431. The van der Waals surface area contributed by atoms with Crippen LogP contribution in [0, 0.1) is 0 Å². The van der Waals surface area contributed by atoms with E-state index in [0.717, 1.165) is 0 Å². The topological polar surface area (TPSA) is 139 Å². The van der Waals surface area contributed by atoms with Crippen molar-refractivity contribution in [2.45, 2.75) is 0 Å². The van der Waals surface area contributed by atoms with Crippen LogP contribution < -0.4 is 30.7 Å². The van der Waals surface area contributed by atoms with Crippen molar-refractivity contribution in [2.75, 3.05) is 41.8 Å². The molecule has 2 amide bonds. The van der Waals surface area contributed by atoms with Crippen molar-refractivity contribution in [1.29, 1.82) is 0 Å². The molecular formula is C23H23N5O5. The maximum atomic E-state index is 12.9. The Balaban J connectivity index is 1.59. The number of anilines is 4. The van der Waals surface area contributed by atoms with Crippen molar-refractivity contribution in [1.82, 2.24) is 4.98 Å². The molecule has 2 heterocycles. The van der Waals surface area contributed by atoms with Crippen LogP contribution in [-0.2, 0) is 0 Å². The Morgan fingerprint density at radius 2 is 1.97 bits per heavy atom. The van der Waals surface area contributed by atoms with Gasteiger partial charge in [-0.1, -0.05) is 18.2 Å². The van der Waals surface area contributed by atoms with Crippen molar-refractivity contribution >= 4 is 35.0 Å². The molecule has 10 heteroatoms. The molecule has 1 aromatic heterocycles. The molecule has 33 heavy (non-hydrogen) atoms. The molecule has 0 spiro atoms. The van der Waals surface area contributed by atoms with E-state index in [-0.39, 0.29) is 24.7 Å². The number of ether oxygens (including phenoxy) is 2. The maximum Gasteiger partial charge on any atom is 0.335 e. The molecule has 0 aliphatic carbocycles. The lowest BCUT2D eigenvalue weighted by molar-refractivity contribution is 0.0696. The number of urea groups is 1. The number of nitrogens with two attached hydrogens (primary N) is 1. The molecule has 1 aliphatic heterocycles. The van der Waals surface area contributed by atoms with E-state index < -0.39 is 5.97 Å². The summed E-state index contributed by atoms with van der Waals surface area (Å²) in [7, 11) is 0. The minimum absolute atomic E-state index is 0.0862. The molecule has 0 saturated carbocycles. The zero-order valence-electron chi connectivity index (χ0n) is 17.7. The first-order chi connectivity index (χ1) is 16.0. The highest BCUT2D eigenvalue weighted by molar-refractivity contribution is 6.02. The van der Waals surface area contributed by atoms with Gasteiger partial charge in [-0.05, 0) is 42.5 Å². The Bertz CT molecular complexity index is 1160. The number of para-hydroxylation sites is 1. The summed E-state index contributed by atoms with van der Waals surface area (Å²) >= 11 is 0. The number of amides is 2. The second-order valence-electron chi connectivity index (χ2n) is 7.09. The van der Waals surface area contributed by atoms with Gasteiger partial charge in [-0.3, -0.25) is 4.90 Å². The number of carboxylic acid groups (broad SMARTS) is 1. The number of rotatable bonds is 7. The number of hydrogen-bond acceptors (Lipinski definition) is 7. The van der Waals surface area contributed by atoms with E-state index in [9.17, 15) is 14.7 Å². The van der Waals surface area contributed by atoms with Gasteiger partial charge in [0.05, 0.1) is 17.8 Å². The number of benzene rings is 2. The summed E-state index contributed by atoms with van der Waals surface area (Å²) in [5.41, 5.74) is 6.79. The highest BCUT2D eigenvalue weighted by Crippen LogP contribution is 2.34. The molecule has 0 saturated heterocycles. The number of fused-ring (bicyclic) bond motifs is 1. The van der Waals surface area contributed by atoms with Crippen LogP contribution in [0.15, 0.2) is 60.7 Å². The Morgan fingerprint density at radius 1 is 1.15 bits per heavy atom. The number of nitrogens with one attached hydrogen (secondary N) is 2. The number of carbonyl (C=O) groups is 2. The molecule has 1 aliphatic rings. The predicted molar refractivity (Wildman–Crippen MR) is 124 cm³/mol. The number of nitrogens with zero attached hydrogens (tertiary/aromatic N) is 2. The molecule has 0 fully saturated rings. The lowest BCUT2D eigenvalue weighted by atomic mass is 10.2. The van der Waals surface area contributed by atoms with Gasteiger partial charge < -0.3 is 30.9 Å². The van der Waals surface area contributed by atoms with Gasteiger partial charge in [-0.15, -0.1) is 0 Å². The zero-order valence-corrected chi connectivity index (χ0v) is 17.7. The molecule has 4 rings (SSSR count). The summed E-state index contributed by atoms with van der Waals surface area (Å²) in [6.45, 7) is 1.17. The largest absolute Gasteiger partial charge is 0.490 e. The third-order valence-electron chi connectivity index (χ3n) is 4.80. The van der Waals surface area contributed by atoms with Crippen LogP contribution in [0.4, 0.5) is 27.8 Å². The fourth-order valence-electron chi connectivity index (χ4n) is 3.26. The van der Waals surface area contributed by atoms with E-state index in [1.807, 2.05) is 18.2 Å². The van der Waals surface area contributed by atoms with Crippen LogP contribution in [0.1, 0.15) is 10.4 Å². The van der Waals surface area contributed by atoms with Crippen LogP contribution in [0.3, 0.4) is 0 Å². The van der Waals surface area contributed by atoms with Gasteiger partial charge in [-0.2, -0.15) is 0 Å². The number of pyridine rings is 1. The van der Waals surface area contributed by atoms with Crippen molar-refractivity contribution < 1.29 is 24.2 Å². The third kappa shape index (κ3) is 5.13. The fraction of sp³-hybridized carbons (Fsp3) is 0.174. The van der Waals surface area contributed by atoms with Crippen LogP contribution in [0.2, 0.25) is 0 Å². The maximum absolute atomic E-state index is 12.9. The van der Waals surface area contributed by atoms with Gasteiger partial charge in [0.2, 0.25) is 0 Å². The van der Waals surface area contributed by atoms with Gasteiger partial charge in [-0.25, -0.2) is 14.6 Å².